The molecule has 9 heteroatoms. The molecule has 0 spiro atoms. The number of fused-ring (bicyclic) bond motifs is 1. The lowest BCUT2D eigenvalue weighted by atomic mass is 9.92. The van der Waals surface area contributed by atoms with Crippen LogP contribution in [0.4, 0.5) is 0 Å². The van der Waals surface area contributed by atoms with E-state index in [-0.39, 0.29) is 23.7 Å². The Morgan fingerprint density at radius 3 is 2.83 bits per heavy atom. The third-order valence-electron chi connectivity index (χ3n) is 4.88. The number of hydrogen-bond acceptors (Lipinski definition) is 7. The smallest absolute Gasteiger partial charge is 0.283 e. The minimum atomic E-state index is -4.05. The summed E-state index contributed by atoms with van der Waals surface area (Å²) in [5.41, 5.74) is 6.31. The summed E-state index contributed by atoms with van der Waals surface area (Å²) in [6.07, 6.45) is 1.72. The summed E-state index contributed by atoms with van der Waals surface area (Å²) in [5.74, 6) is -0.125. The molecule has 3 aromatic rings. The van der Waals surface area contributed by atoms with Crippen LogP contribution in [0.15, 0.2) is 53.6 Å². The Bertz CT molecular complexity index is 1160. The molecule has 1 fully saturated rings. The maximum absolute atomic E-state index is 13.5. The van der Waals surface area contributed by atoms with Crippen molar-refractivity contribution in [3.05, 3.63) is 54.2 Å². The number of benzene rings is 2. The molecule has 29 heavy (non-hydrogen) atoms. The molecular weight excluding hydrogens is 394 g/mol. The van der Waals surface area contributed by atoms with Gasteiger partial charge in [0, 0.05) is 13.0 Å². The van der Waals surface area contributed by atoms with Crippen molar-refractivity contribution in [3.8, 4) is 5.75 Å². The zero-order chi connectivity index (χ0) is 20.4. The van der Waals surface area contributed by atoms with Crippen molar-refractivity contribution in [1.29, 1.82) is 0 Å². The third-order valence-corrected chi connectivity index (χ3v) is 6.56. The lowest BCUT2D eigenvalue weighted by molar-refractivity contribution is -0.126. The van der Waals surface area contributed by atoms with Gasteiger partial charge in [-0.3, -0.25) is 4.79 Å². The van der Waals surface area contributed by atoms with Gasteiger partial charge in [-0.1, -0.05) is 24.3 Å². The molecular formula is C20H21N3O5S. The standard InChI is InChI=1S/C20H21N3O5S/c21-9-11-28-19-6-3-5-17-15(19)12-22-23(17)29(25,26)20-7-2-1-4-14(20)16-13-27-10-8-18(16)24/h1-7,12,16H,8-11,13,21H2. The minimum Gasteiger partial charge on any atom is -0.492 e. The average Bonchev–Trinajstić information content (AvgIpc) is 3.18. The van der Waals surface area contributed by atoms with Crippen LogP contribution in [0.25, 0.3) is 10.9 Å². The minimum absolute atomic E-state index is 0.0262. The molecule has 2 heterocycles. The van der Waals surface area contributed by atoms with Crippen molar-refractivity contribution in [2.45, 2.75) is 17.2 Å². The van der Waals surface area contributed by atoms with Crippen LogP contribution in [0.2, 0.25) is 0 Å². The molecule has 1 aliphatic heterocycles. The predicted octanol–water partition coefficient (Wildman–Crippen LogP) is 1.68. The van der Waals surface area contributed by atoms with Gasteiger partial charge in [-0.2, -0.15) is 17.6 Å². The van der Waals surface area contributed by atoms with Crippen molar-refractivity contribution in [2.24, 2.45) is 5.73 Å². The van der Waals surface area contributed by atoms with Crippen LogP contribution in [0.5, 0.6) is 5.75 Å². The predicted molar refractivity (Wildman–Crippen MR) is 106 cm³/mol. The number of nitrogens with two attached hydrogens (primary N) is 1. The number of Topliss-reactive ketones (excluding diaryl/α,β-unsaturated/α-hetero) is 1. The molecule has 1 unspecified atom stereocenters. The van der Waals surface area contributed by atoms with Crippen LogP contribution in [-0.4, -0.2) is 49.8 Å². The van der Waals surface area contributed by atoms with E-state index >= 15 is 0 Å². The van der Waals surface area contributed by atoms with Gasteiger partial charge in [-0.05, 0) is 23.8 Å². The summed E-state index contributed by atoms with van der Waals surface area (Å²) < 4.78 is 39.0. The first kappa shape index (κ1) is 19.6. The normalized spacial score (nSPS) is 17.6. The fourth-order valence-electron chi connectivity index (χ4n) is 3.49. The molecule has 152 valence electrons. The van der Waals surface area contributed by atoms with Crippen LogP contribution in [-0.2, 0) is 19.6 Å². The van der Waals surface area contributed by atoms with Gasteiger partial charge in [0.15, 0.2) is 0 Å². The average molecular weight is 415 g/mol. The molecule has 0 aliphatic carbocycles. The van der Waals surface area contributed by atoms with E-state index in [1.807, 2.05) is 0 Å². The van der Waals surface area contributed by atoms with Gasteiger partial charge >= 0.3 is 0 Å². The number of nitrogens with zero attached hydrogens (tertiary/aromatic N) is 2. The van der Waals surface area contributed by atoms with Crippen LogP contribution >= 0.6 is 0 Å². The highest BCUT2D eigenvalue weighted by atomic mass is 32.2. The van der Waals surface area contributed by atoms with E-state index in [0.717, 1.165) is 4.09 Å². The first-order valence-corrected chi connectivity index (χ1v) is 10.7. The summed E-state index contributed by atoms with van der Waals surface area (Å²) in [6.45, 7) is 1.18. The Labute approximate surface area is 168 Å². The molecule has 1 aromatic heterocycles. The van der Waals surface area contributed by atoms with E-state index in [1.54, 1.807) is 36.4 Å². The van der Waals surface area contributed by atoms with Gasteiger partial charge in [0.05, 0.1) is 41.1 Å². The Morgan fingerprint density at radius 2 is 2.03 bits per heavy atom. The number of ether oxygens (including phenoxy) is 2. The number of ketones is 1. The Morgan fingerprint density at radius 1 is 1.21 bits per heavy atom. The van der Waals surface area contributed by atoms with E-state index in [0.29, 0.717) is 42.0 Å². The monoisotopic (exact) mass is 415 g/mol. The first-order valence-electron chi connectivity index (χ1n) is 9.28. The number of aromatic nitrogens is 2. The van der Waals surface area contributed by atoms with Crippen LogP contribution in [0.1, 0.15) is 17.9 Å². The number of carbonyl (C=O) groups excluding carboxylic acids is 1. The quantitative estimate of drug-likeness (QED) is 0.652. The molecule has 0 radical (unpaired) electrons. The van der Waals surface area contributed by atoms with Gasteiger partial charge in [0.25, 0.3) is 10.0 Å². The first-order chi connectivity index (χ1) is 14.0. The van der Waals surface area contributed by atoms with Crippen molar-refractivity contribution in [2.75, 3.05) is 26.4 Å². The van der Waals surface area contributed by atoms with Gasteiger partial charge in [-0.25, -0.2) is 0 Å². The van der Waals surface area contributed by atoms with Crippen molar-refractivity contribution >= 4 is 26.7 Å². The number of rotatable bonds is 6. The fourth-order valence-corrected chi connectivity index (χ4v) is 5.02. The lowest BCUT2D eigenvalue weighted by Gasteiger charge is -2.23. The molecule has 0 amide bonds. The highest BCUT2D eigenvalue weighted by Crippen LogP contribution is 2.32. The largest absolute Gasteiger partial charge is 0.492 e. The molecule has 2 N–H and O–H groups in total. The maximum Gasteiger partial charge on any atom is 0.283 e. The number of carbonyl (C=O) groups is 1. The second kappa shape index (κ2) is 7.94. The zero-order valence-corrected chi connectivity index (χ0v) is 16.5. The fraction of sp³-hybridized carbons (Fsp3) is 0.300. The lowest BCUT2D eigenvalue weighted by Crippen LogP contribution is -2.28. The second-order valence-electron chi connectivity index (χ2n) is 6.70. The van der Waals surface area contributed by atoms with E-state index in [2.05, 4.69) is 5.10 Å². The van der Waals surface area contributed by atoms with Crippen LogP contribution in [0.3, 0.4) is 0 Å². The molecule has 8 nitrogen and oxygen atoms in total. The molecule has 1 atom stereocenters. The molecule has 2 aromatic carbocycles. The zero-order valence-electron chi connectivity index (χ0n) is 15.7. The topological polar surface area (TPSA) is 114 Å². The highest BCUT2D eigenvalue weighted by molar-refractivity contribution is 7.90. The molecule has 4 rings (SSSR count). The molecule has 0 saturated carbocycles. The molecule has 0 bridgehead atoms. The maximum atomic E-state index is 13.5. The van der Waals surface area contributed by atoms with Gasteiger partial charge in [0.2, 0.25) is 0 Å². The summed E-state index contributed by atoms with van der Waals surface area (Å²) in [7, 11) is -4.05. The summed E-state index contributed by atoms with van der Waals surface area (Å²) >= 11 is 0. The van der Waals surface area contributed by atoms with Crippen molar-refractivity contribution in [1.82, 2.24) is 9.19 Å². The Balaban J connectivity index is 1.82. The molecule has 1 aliphatic rings. The van der Waals surface area contributed by atoms with Crippen LogP contribution in [0, 0.1) is 0 Å². The second-order valence-corrected chi connectivity index (χ2v) is 8.44. The third kappa shape index (κ3) is 3.52. The van der Waals surface area contributed by atoms with Crippen molar-refractivity contribution in [3.63, 3.8) is 0 Å². The SMILES string of the molecule is NCCOc1cccc2c1cnn2S(=O)(=O)c1ccccc1C1COCCC1=O. The highest BCUT2D eigenvalue weighted by Gasteiger charge is 2.32. The van der Waals surface area contributed by atoms with E-state index in [4.69, 9.17) is 15.2 Å². The van der Waals surface area contributed by atoms with Gasteiger partial charge < -0.3 is 15.2 Å². The molecule has 1 saturated heterocycles. The van der Waals surface area contributed by atoms with Gasteiger partial charge in [0.1, 0.15) is 18.1 Å². The number of hydrogen-bond donors (Lipinski definition) is 1. The van der Waals surface area contributed by atoms with E-state index < -0.39 is 15.9 Å². The summed E-state index contributed by atoms with van der Waals surface area (Å²) in [6, 6.07) is 11.6. The summed E-state index contributed by atoms with van der Waals surface area (Å²) in [4.78, 5) is 12.4. The Hall–Kier alpha value is -2.75. The summed E-state index contributed by atoms with van der Waals surface area (Å²) in [5, 5.41) is 4.69. The van der Waals surface area contributed by atoms with E-state index in [9.17, 15) is 13.2 Å². The van der Waals surface area contributed by atoms with Crippen molar-refractivity contribution < 1.29 is 22.7 Å². The Kier molecular flexibility index (Phi) is 5.35. The van der Waals surface area contributed by atoms with Gasteiger partial charge in [-0.15, -0.1) is 0 Å². The van der Waals surface area contributed by atoms with E-state index in [1.165, 1.54) is 12.3 Å². The van der Waals surface area contributed by atoms with Crippen LogP contribution < -0.4 is 10.5 Å².